The number of benzene rings is 3. The normalized spacial score (nSPS) is 12.2. The van der Waals surface area contributed by atoms with Gasteiger partial charge in [0, 0.05) is 11.6 Å². The highest BCUT2D eigenvalue weighted by molar-refractivity contribution is 7.07. The van der Waals surface area contributed by atoms with Gasteiger partial charge < -0.3 is 9.73 Å². The van der Waals surface area contributed by atoms with Gasteiger partial charge in [0.2, 0.25) is 0 Å². The Bertz CT molecular complexity index is 1940. The quantitative estimate of drug-likeness (QED) is 0.261. The van der Waals surface area contributed by atoms with Crippen molar-refractivity contribution in [2.45, 2.75) is 0 Å². The zero-order valence-corrected chi connectivity index (χ0v) is 22.9. The smallest absolute Gasteiger partial charge is 0.273 e. The topological polar surface area (TPSA) is 88.0 Å². The van der Waals surface area contributed by atoms with Crippen LogP contribution in [0.2, 0.25) is 15.1 Å². The van der Waals surface area contributed by atoms with Crippen LogP contribution < -0.4 is 20.1 Å². The van der Waals surface area contributed by atoms with Gasteiger partial charge in [-0.1, -0.05) is 71.2 Å². The Morgan fingerprint density at radius 3 is 2.38 bits per heavy atom. The van der Waals surface area contributed by atoms with Gasteiger partial charge in [-0.25, -0.2) is 0 Å². The molecule has 0 bridgehead atoms. The van der Waals surface area contributed by atoms with E-state index in [0.717, 1.165) is 11.3 Å². The molecule has 2 heterocycles. The van der Waals surface area contributed by atoms with E-state index in [-0.39, 0.29) is 14.8 Å². The van der Waals surface area contributed by atoms with Crippen molar-refractivity contribution in [1.29, 1.82) is 5.26 Å². The molecule has 39 heavy (non-hydrogen) atoms. The van der Waals surface area contributed by atoms with Crippen LogP contribution in [0.4, 0.5) is 5.69 Å². The van der Waals surface area contributed by atoms with Gasteiger partial charge in [0.25, 0.3) is 11.5 Å². The van der Waals surface area contributed by atoms with Crippen LogP contribution in [-0.2, 0) is 4.79 Å². The fraction of sp³-hybridized carbons (Fsp3) is 0. The molecular weight excluding hydrogens is 577 g/mol. The van der Waals surface area contributed by atoms with E-state index in [2.05, 4.69) is 5.32 Å². The fourth-order valence-corrected chi connectivity index (χ4v) is 5.46. The predicted octanol–water partition coefficient (Wildman–Crippen LogP) is 6.26. The van der Waals surface area contributed by atoms with Crippen LogP contribution in [0, 0.1) is 11.3 Å². The first-order valence-corrected chi connectivity index (χ1v) is 13.4. The lowest BCUT2D eigenvalue weighted by Gasteiger charge is -2.07. The molecule has 10 heteroatoms. The Morgan fingerprint density at radius 2 is 1.64 bits per heavy atom. The predicted molar refractivity (Wildman–Crippen MR) is 156 cm³/mol. The SMILES string of the molecule is N#C/C(C(=O)Nc1ccccc1Cl)=c1/s/c(=C/c2ccc(-c3cccc(Cl)c3Cl)o2)c(=O)n1-c1ccccc1. The average molecular weight is 593 g/mol. The summed E-state index contributed by atoms with van der Waals surface area (Å²) in [7, 11) is 0. The first-order chi connectivity index (χ1) is 18.9. The number of carbonyl (C=O) groups is 1. The van der Waals surface area contributed by atoms with Crippen LogP contribution >= 0.6 is 46.1 Å². The number of anilines is 1. The number of rotatable bonds is 5. The maximum absolute atomic E-state index is 13.6. The molecule has 5 rings (SSSR count). The van der Waals surface area contributed by atoms with Gasteiger partial charge in [0.15, 0.2) is 5.57 Å². The molecule has 0 saturated carbocycles. The number of furan rings is 1. The van der Waals surface area contributed by atoms with Crippen LogP contribution in [0.3, 0.4) is 0 Å². The van der Waals surface area contributed by atoms with E-state index in [1.807, 2.05) is 6.07 Å². The molecule has 0 aliphatic heterocycles. The summed E-state index contributed by atoms with van der Waals surface area (Å²) in [6.45, 7) is 0. The van der Waals surface area contributed by atoms with Crippen LogP contribution in [0.1, 0.15) is 5.76 Å². The molecule has 192 valence electrons. The van der Waals surface area contributed by atoms with Gasteiger partial charge in [-0.15, -0.1) is 11.3 Å². The van der Waals surface area contributed by atoms with Gasteiger partial charge in [0.05, 0.1) is 31.0 Å². The van der Waals surface area contributed by atoms with Gasteiger partial charge in [-0.3, -0.25) is 14.2 Å². The maximum Gasteiger partial charge on any atom is 0.273 e. The number of amides is 1. The number of nitrogens with zero attached hydrogens (tertiary/aromatic N) is 2. The van der Waals surface area contributed by atoms with Crippen molar-refractivity contribution in [2.75, 3.05) is 5.32 Å². The Balaban J connectivity index is 1.67. The Hall–Kier alpha value is -4.06. The molecule has 5 aromatic rings. The molecule has 0 aliphatic rings. The van der Waals surface area contributed by atoms with Gasteiger partial charge in [-0.05, 0) is 48.5 Å². The Labute approximate surface area is 241 Å². The zero-order chi connectivity index (χ0) is 27.5. The van der Waals surface area contributed by atoms with Crippen molar-refractivity contribution >= 4 is 69.4 Å². The van der Waals surface area contributed by atoms with Crippen molar-refractivity contribution in [3.05, 3.63) is 125 Å². The molecule has 0 spiro atoms. The first-order valence-electron chi connectivity index (χ1n) is 11.4. The number of para-hydroxylation sites is 2. The summed E-state index contributed by atoms with van der Waals surface area (Å²) in [5, 5.41) is 13.7. The number of nitrogens with one attached hydrogen (secondary N) is 1. The average Bonchev–Trinajstić information content (AvgIpc) is 3.52. The monoisotopic (exact) mass is 591 g/mol. The van der Waals surface area contributed by atoms with Crippen molar-refractivity contribution in [3.8, 4) is 23.1 Å². The lowest BCUT2D eigenvalue weighted by Crippen LogP contribution is -2.32. The van der Waals surface area contributed by atoms with Crippen molar-refractivity contribution in [2.24, 2.45) is 0 Å². The number of hydrogen-bond acceptors (Lipinski definition) is 5. The van der Waals surface area contributed by atoms with Crippen molar-refractivity contribution in [3.63, 3.8) is 0 Å². The molecule has 0 atom stereocenters. The molecule has 0 radical (unpaired) electrons. The fourth-order valence-electron chi connectivity index (χ4n) is 3.80. The lowest BCUT2D eigenvalue weighted by molar-refractivity contribution is -0.111. The molecule has 0 unspecified atom stereocenters. The number of thiazole rings is 1. The highest BCUT2D eigenvalue weighted by Gasteiger charge is 2.18. The minimum absolute atomic E-state index is 0.161. The second-order valence-electron chi connectivity index (χ2n) is 8.12. The summed E-state index contributed by atoms with van der Waals surface area (Å²) >= 11 is 19.6. The summed E-state index contributed by atoms with van der Waals surface area (Å²) in [5.74, 6) is 0.154. The van der Waals surface area contributed by atoms with E-state index in [1.165, 1.54) is 4.57 Å². The third-order valence-corrected chi connectivity index (χ3v) is 7.87. The molecule has 0 aliphatic carbocycles. The number of nitriles is 1. The number of aromatic nitrogens is 1. The molecule has 2 aromatic heterocycles. The summed E-state index contributed by atoms with van der Waals surface area (Å²) in [6.07, 6.45) is 1.55. The van der Waals surface area contributed by atoms with Gasteiger partial charge in [-0.2, -0.15) is 5.26 Å². The summed E-state index contributed by atoms with van der Waals surface area (Å²) in [4.78, 5) is 26.8. The van der Waals surface area contributed by atoms with Gasteiger partial charge >= 0.3 is 0 Å². The third-order valence-electron chi connectivity index (χ3n) is 5.63. The third kappa shape index (κ3) is 5.42. The second kappa shape index (κ2) is 11.4. The number of carbonyl (C=O) groups excluding carboxylic acids is 1. The molecule has 0 saturated heterocycles. The molecule has 3 aromatic carbocycles. The summed E-state index contributed by atoms with van der Waals surface area (Å²) in [6, 6.07) is 26.0. The van der Waals surface area contributed by atoms with Crippen LogP contribution in [-0.4, -0.2) is 10.5 Å². The van der Waals surface area contributed by atoms with Crippen LogP contribution in [0.25, 0.3) is 28.7 Å². The van der Waals surface area contributed by atoms with E-state index in [4.69, 9.17) is 39.2 Å². The molecule has 1 N–H and O–H groups in total. The van der Waals surface area contributed by atoms with E-state index < -0.39 is 11.5 Å². The standard InChI is InChI=1S/C29H16Cl3N3O3S/c30-21-10-4-5-12-23(21)34-27(36)20(16-33)29-35(17-7-2-1-3-8-17)28(37)25(39-29)15-18-13-14-24(38-18)19-9-6-11-22(31)26(19)32/h1-15H,(H,34,36)/b25-15+,29-20-. The largest absolute Gasteiger partial charge is 0.457 e. The first kappa shape index (κ1) is 26.5. The number of halogens is 3. The minimum atomic E-state index is -0.695. The van der Waals surface area contributed by atoms with E-state index >= 15 is 0 Å². The molecule has 0 fully saturated rings. The molecule has 1 amide bonds. The van der Waals surface area contributed by atoms with E-state index in [0.29, 0.717) is 43.5 Å². The lowest BCUT2D eigenvalue weighted by atomic mass is 10.2. The minimum Gasteiger partial charge on any atom is -0.457 e. The van der Waals surface area contributed by atoms with Crippen LogP contribution in [0.5, 0.6) is 0 Å². The van der Waals surface area contributed by atoms with E-state index in [1.54, 1.807) is 91.0 Å². The molecular formula is C29H16Cl3N3O3S. The van der Waals surface area contributed by atoms with Gasteiger partial charge in [0.1, 0.15) is 22.3 Å². The van der Waals surface area contributed by atoms with E-state index in [9.17, 15) is 14.9 Å². The Kier molecular flexibility index (Phi) is 7.73. The van der Waals surface area contributed by atoms with Crippen molar-refractivity contribution in [1.82, 2.24) is 4.57 Å². The number of hydrogen-bond donors (Lipinski definition) is 1. The molecule has 6 nitrogen and oxygen atoms in total. The van der Waals surface area contributed by atoms with Crippen molar-refractivity contribution < 1.29 is 9.21 Å². The second-order valence-corrected chi connectivity index (χ2v) is 10.3. The Morgan fingerprint density at radius 1 is 0.923 bits per heavy atom. The zero-order valence-electron chi connectivity index (χ0n) is 19.8. The van der Waals surface area contributed by atoms with Crippen LogP contribution in [0.15, 0.2) is 94.1 Å². The maximum atomic E-state index is 13.6. The summed E-state index contributed by atoms with van der Waals surface area (Å²) < 4.78 is 7.69. The summed E-state index contributed by atoms with van der Waals surface area (Å²) in [5.41, 5.74) is 0.785. The highest BCUT2D eigenvalue weighted by Crippen LogP contribution is 2.34. The highest BCUT2D eigenvalue weighted by atomic mass is 35.5.